The highest BCUT2D eigenvalue weighted by Gasteiger charge is 2.25. The lowest BCUT2D eigenvalue weighted by Crippen LogP contribution is -2.01. The van der Waals surface area contributed by atoms with Gasteiger partial charge in [-0.3, -0.25) is 9.11 Å². The molecule has 0 aliphatic carbocycles. The second-order valence-corrected chi connectivity index (χ2v) is 19.0. The minimum atomic E-state index is -5.05. The minimum absolute atomic E-state index is 0.0379. The fourth-order valence-electron chi connectivity index (χ4n) is 6.80. The molecule has 31 nitrogen and oxygen atoms in total. The second kappa shape index (κ2) is 25.7. The lowest BCUT2D eigenvalue weighted by molar-refractivity contribution is 0.0686. The molecule has 80 heavy (non-hydrogen) atoms. The number of hydrogen-bond donors (Lipinski definition) is 8. The van der Waals surface area contributed by atoms with Crippen LogP contribution in [-0.4, -0.2) is 101 Å². The van der Waals surface area contributed by atoms with E-state index in [-0.39, 0.29) is 72.5 Å². The van der Waals surface area contributed by atoms with Crippen molar-refractivity contribution >= 4 is 148 Å². The first-order valence-electron chi connectivity index (χ1n) is 20.7. The molecular formula is C44H29N9O22S5. The average molecular weight is 1200 g/mol. The van der Waals surface area contributed by atoms with E-state index in [0.29, 0.717) is 10.8 Å². The number of anilines is 1. The standard InChI is InChI=1S/C44H29N9O13S2.3O3S/c45-37-36-24(9-16-33(42(36)56)50-47-26-13-14-28-22(17-26)8-15-32(40(28)54)51-49-31-4-2-1-3-29(31)44(59)60)19-34(67(61,62)63)38(37)52-48-27-12-7-23-18-35(68(64,65)66)39(41(55)30(23)20-27)53-46-25-10-5-21(6-11-25)43(57)58;3*1-4(2)3/h1-20,54-56H,45H2,(H,57,58)(H,59,60)(H,61,62,63)(H,64,65,66);;;. The van der Waals surface area contributed by atoms with Crippen LogP contribution in [0, 0.1) is 0 Å². The summed E-state index contributed by atoms with van der Waals surface area (Å²) in [4.78, 5) is 21.1. The molecule has 0 saturated heterocycles. The van der Waals surface area contributed by atoms with E-state index in [1.165, 1.54) is 84.9 Å². The molecule has 0 amide bonds. The second-order valence-electron chi connectivity index (χ2n) is 15.0. The summed E-state index contributed by atoms with van der Waals surface area (Å²) in [6, 6.07) is 27.0. The molecule has 0 fully saturated rings. The van der Waals surface area contributed by atoms with E-state index >= 15 is 0 Å². The highest BCUT2D eigenvalue weighted by atomic mass is 32.2. The van der Waals surface area contributed by atoms with Gasteiger partial charge in [0.05, 0.1) is 39.3 Å². The number of phenols is 3. The number of carbonyl (C=O) groups is 2. The molecule has 8 aromatic carbocycles. The van der Waals surface area contributed by atoms with E-state index < -0.39 is 102 Å². The van der Waals surface area contributed by atoms with Crippen LogP contribution in [0.5, 0.6) is 17.2 Å². The Kier molecular flexibility index (Phi) is 19.5. The Morgan fingerprint density at radius 1 is 0.425 bits per heavy atom. The molecule has 0 bridgehead atoms. The maximum atomic E-state index is 12.6. The largest absolute Gasteiger partial charge is 0.505 e. The molecule has 9 N–H and O–H groups in total. The molecule has 8 aromatic rings. The number of nitrogen functional groups attached to an aromatic ring is 1. The normalized spacial score (nSPS) is 11.5. The first-order valence-corrected chi connectivity index (χ1v) is 26.6. The quantitative estimate of drug-likeness (QED) is 0.0323. The van der Waals surface area contributed by atoms with Gasteiger partial charge in [0.15, 0.2) is 17.2 Å². The van der Waals surface area contributed by atoms with Crippen molar-refractivity contribution < 1.29 is 98.9 Å². The third kappa shape index (κ3) is 15.7. The van der Waals surface area contributed by atoms with Crippen LogP contribution in [0.1, 0.15) is 20.7 Å². The van der Waals surface area contributed by atoms with E-state index in [4.69, 9.17) is 48.7 Å². The van der Waals surface area contributed by atoms with Crippen molar-refractivity contribution in [2.45, 2.75) is 9.79 Å². The van der Waals surface area contributed by atoms with E-state index in [2.05, 4.69) is 40.9 Å². The lowest BCUT2D eigenvalue weighted by Gasteiger charge is -2.12. The molecule has 0 aliphatic rings. The fraction of sp³-hybridized carbons (Fsp3) is 0. The zero-order valence-electron chi connectivity index (χ0n) is 39.0. The number of azo groups is 4. The van der Waals surface area contributed by atoms with Crippen molar-refractivity contribution in [1.82, 2.24) is 0 Å². The number of aromatic carboxylic acids is 2. The Morgan fingerprint density at radius 3 is 1.45 bits per heavy atom. The van der Waals surface area contributed by atoms with Crippen LogP contribution in [0.4, 0.5) is 51.2 Å². The van der Waals surface area contributed by atoms with Crippen LogP contribution in [0.2, 0.25) is 0 Å². The van der Waals surface area contributed by atoms with Gasteiger partial charge in [0.2, 0.25) is 0 Å². The third-order valence-electron chi connectivity index (χ3n) is 10.1. The van der Waals surface area contributed by atoms with E-state index in [1.54, 1.807) is 24.3 Å². The number of benzene rings is 8. The van der Waals surface area contributed by atoms with E-state index in [1.807, 2.05) is 0 Å². The molecule has 0 aliphatic heterocycles. The number of hydrogen-bond acceptors (Lipinski definition) is 27. The number of nitrogens with zero attached hydrogens (tertiary/aromatic N) is 8. The Balaban J connectivity index is 0.000000892. The zero-order chi connectivity index (χ0) is 59.4. The lowest BCUT2D eigenvalue weighted by atomic mass is 10.1. The maximum absolute atomic E-state index is 12.6. The van der Waals surface area contributed by atoms with Crippen LogP contribution in [0.25, 0.3) is 32.3 Å². The predicted molar refractivity (Wildman–Crippen MR) is 273 cm³/mol. The molecule has 8 rings (SSSR count). The van der Waals surface area contributed by atoms with Gasteiger partial charge in [-0.25, -0.2) is 9.59 Å². The molecule has 0 spiro atoms. The van der Waals surface area contributed by atoms with Crippen molar-refractivity contribution in [2.24, 2.45) is 40.9 Å². The molecular weight excluding hydrogens is 1170 g/mol. The number of rotatable bonds is 12. The Labute approximate surface area is 450 Å². The van der Waals surface area contributed by atoms with Crippen LogP contribution in [0.15, 0.2) is 172 Å². The summed E-state index contributed by atoms with van der Waals surface area (Å²) in [5.74, 6) is -4.00. The maximum Gasteiger partial charge on any atom is 0.425 e. The molecule has 412 valence electrons. The molecule has 0 heterocycles. The number of nitrogens with two attached hydrogens (primary N) is 1. The number of fused-ring (bicyclic) bond motifs is 3. The van der Waals surface area contributed by atoms with Gasteiger partial charge in [-0.1, -0.05) is 30.3 Å². The monoisotopic (exact) mass is 1200 g/mol. The summed E-state index contributed by atoms with van der Waals surface area (Å²) in [6.45, 7) is 0. The summed E-state index contributed by atoms with van der Waals surface area (Å²) < 4.78 is 146. The van der Waals surface area contributed by atoms with Gasteiger partial charge in [-0.05, 0) is 107 Å². The van der Waals surface area contributed by atoms with Crippen molar-refractivity contribution in [3.8, 4) is 17.2 Å². The van der Waals surface area contributed by atoms with Gasteiger partial charge in [-0.15, -0.1) is 63.5 Å². The Bertz CT molecular complexity index is 4480. The number of carboxylic acids is 2. The van der Waals surface area contributed by atoms with Gasteiger partial charge >= 0.3 is 43.8 Å². The van der Waals surface area contributed by atoms with Gasteiger partial charge < -0.3 is 31.3 Å². The van der Waals surface area contributed by atoms with Crippen LogP contribution in [-0.2, 0) is 52.1 Å². The van der Waals surface area contributed by atoms with Crippen LogP contribution < -0.4 is 5.73 Å². The van der Waals surface area contributed by atoms with Crippen LogP contribution >= 0.6 is 0 Å². The summed E-state index contributed by atoms with van der Waals surface area (Å²) in [5.41, 5.74) is 4.77. The third-order valence-corrected chi connectivity index (χ3v) is 11.8. The van der Waals surface area contributed by atoms with E-state index in [9.17, 15) is 56.0 Å². The van der Waals surface area contributed by atoms with Crippen molar-refractivity contribution in [2.75, 3.05) is 5.73 Å². The Hall–Kier alpha value is -10.2. The molecule has 0 atom stereocenters. The number of phenolic OH excluding ortho intramolecular Hbond substituents is 3. The average Bonchev–Trinajstić information content (AvgIpc) is 3.37. The first-order chi connectivity index (χ1) is 37.5. The van der Waals surface area contributed by atoms with Gasteiger partial charge in [0, 0.05) is 10.8 Å². The van der Waals surface area contributed by atoms with E-state index in [0.717, 1.165) is 12.1 Å². The number of aromatic hydroxyl groups is 3. The zero-order valence-corrected chi connectivity index (χ0v) is 43.1. The predicted octanol–water partition coefficient (Wildman–Crippen LogP) is 8.38. The van der Waals surface area contributed by atoms with Crippen LogP contribution in [0.3, 0.4) is 0 Å². The SMILES string of the molecule is Nc1c(N=Nc2ccc3cc(S(=O)(=O)O)c(N=Nc4ccc(C(=O)O)cc4)c(O)c3c2)c(S(=O)(=O)O)cc2ccc(N=Nc3ccc4c(O)c(N=Nc5ccccc5C(=O)O)ccc4c3)c(O)c12.O=S(=O)=O.O=S(=O)=O.O=S(=O)=O. The molecule has 0 unspecified atom stereocenters. The summed E-state index contributed by atoms with van der Waals surface area (Å²) in [6.07, 6.45) is 0. The van der Waals surface area contributed by atoms with Crippen molar-refractivity contribution in [1.29, 1.82) is 0 Å². The van der Waals surface area contributed by atoms with Gasteiger partial charge in [0.1, 0.15) is 38.2 Å². The van der Waals surface area contributed by atoms with Crippen molar-refractivity contribution in [3.05, 3.63) is 132 Å². The molecule has 0 saturated carbocycles. The molecule has 0 radical (unpaired) electrons. The number of carboxylic acid groups (broad SMARTS) is 2. The molecule has 0 aromatic heterocycles. The highest BCUT2D eigenvalue weighted by Crippen LogP contribution is 2.47. The summed E-state index contributed by atoms with van der Waals surface area (Å²) in [5, 5.41) is 84.9. The Morgan fingerprint density at radius 2 is 0.863 bits per heavy atom. The fourth-order valence-corrected chi connectivity index (χ4v) is 8.13. The smallest absolute Gasteiger partial charge is 0.425 e. The molecule has 36 heteroatoms. The summed E-state index contributed by atoms with van der Waals surface area (Å²) in [7, 11) is -19.4. The highest BCUT2D eigenvalue weighted by molar-refractivity contribution is 7.86. The van der Waals surface area contributed by atoms with Crippen molar-refractivity contribution in [3.63, 3.8) is 0 Å². The topological polar surface area (TPSA) is 523 Å². The summed E-state index contributed by atoms with van der Waals surface area (Å²) >= 11 is 0. The minimum Gasteiger partial charge on any atom is -0.505 e. The first kappa shape index (κ1) is 60.6. The van der Waals surface area contributed by atoms with Gasteiger partial charge in [0.25, 0.3) is 20.2 Å². The van der Waals surface area contributed by atoms with Gasteiger partial charge in [-0.2, -0.15) is 32.2 Å².